The molecule has 1 aliphatic rings. The van der Waals surface area contributed by atoms with Crippen molar-refractivity contribution in [1.29, 1.82) is 0 Å². The average Bonchev–Trinajstić information content (AvgIpc) is 2.27. The number of carboxylic acid groups (broad SMARTS) is 1. The van der Waals surface area contributed by atoms with Crippen LogP contribution in [0.2, 0.25) is 5.02 Å². The Labute approximate surface area is 107 Å². The molecule has 1 fully saturated rings. The van der Waals surface area contributed by atoms with E-state index in [2.05, 4.69) is 5.32 Å². The number of imide groups is 1. The summed E-state index contributed by atoms with van der Waals surface area (Å²) in [6.07, 6.45) is 0. The van der Waals surface area contributed by atoms with Gasteiger partial charge in [-0.1, -0.05) is 11.6 Å². The van der Waals surface area contributed by atoms with Gasteiger partial charge >= 0.3 is 5.97 Å². The third-order valence-corrected chi connectivity index (χ3v) is 2.71. The lowest BCUT2D eigenvalue weighted by Gasteiger charge is -2.28. The molecule has 1 heterocycles. The van der Waals surface area contributed by atoms with Crippen molar-refractivity contribution in [2.75, 3.05) is 18.0 Å². The second kappa shape index (κ2) is 4.66. The van der Waals surface area contributed by atoms with Gasteiger partial charge in [0.2, 0.25) is 11.8 Å². The molecule has 0 aromatic heterocycles. The van der Waals surface area contributed by atoms with Gasteiger partial charge in [0.15, 0.2) is 0 Å². The lowest BCUT2D eigenvalue weighted by atomic mass is 10.1. The number of aromatic carboxylic acids is 1. The minimum Gasteiger partial charge on any atom is -0.478 e. The third kappa shape index (κ3) is 2.43. The summed E-state index contributed by atoms with van der Waals surface area (Å²) in [7, 11) is 0. The maximum Gasteiger partial charge on any atom is 0.337 e. The van der Waals surface area contributed by atoms with E-state index >= 15 is 0 Å². The van der Waals surface area contributed by atoms with Crippen LogP contribution in [0.1, 0.15) is 10.4 Å². The van der Waals surface area contributed by atoms with Gasteiger partial charge in [-0.2, -0.15) is 0 Å². The number of hydrogen-bond donors (Lipinski definition) is 2. The van der Waals surface area contributed by atoms with E-state index in [1.807, 2.05) is 0 Å². The van der Waals surface area contributed by atoms with E-state index in [4.69, 9.17) is 16.7 Å². The Morgan fingerprint density at radius 3 is 2.44 bits per heavy atom. The molecule has 0 radical (unpaired) electrons. The summed E-state index contributed by atoms with van der Waals surface area (Å²) in [6, 6.07) is 4.29. The van der Waals surface area contributed by atoms with Crippen LogP contribution >= 0.6 is 11.6 Å². The predicted octanol–water partition coefficient (Wildman–Crippen LogP) is 0.501. The van der Waals surface area contributed by atoms with E-state index in [1.54, 1.807) is 0 Å². The van der Waals surface area contributed by atoms with E-state index in [0.717, 1.165) is 0 Å². The van der Waals surface area contributed by atoms with Crippen LogP contribution in [-0.2, 0) is 9.59 Å². The Bertz CT molecular complexity index is 528. The Hall–Kier alpha value is -2.08. The predicted molar refractivity (Wildman–Crippen MR) is 63.8 cm³/mol. The summed E-state index contributed by atoms with van der Waals surface area (Å²) in [5, 5.41) is 11.5. The van der Waals surface area contributed by atoms with Gasteiger partial charge in [0.05, 0.1) is 24.3 Å². The van der Waals surface area contributed by atoms with E-state index < -0.39 is 17.8 Å². The molecule has 0 aliphatic carbocycles. The first-order valence-electron chi connectivity index (χ1n) is 5.08. The largest absolute Gasteiger partial charge is 0.478 e. The van der Waals surface area contributed by atoms with Gasteiger partial charge in [-0.25, -0.2) is 4.79 Å². The molecular formula is C11H9ClN2O4. The number of carbonyl (C=O) groups excluding carboxylic acids is 2. The maximum absolute atomic E-state index is 11.3. The van der Waals surface area contributed by atoms with Crippen LogP contribution in [0.25, 0.3) is 0 Å². The second-order valence-electron chi connectivity index (χ2n) is 3.79. The van der Waals surface area contributed by atoms with Crippen LogP contribution in [-0.4, -0.2) is 36.0 Å². The molecule has 0 saturated carbocycles. The van der Waals surface area contributed by atoms with Crippen LogP contribution in [0.4, 0.5) is 5.69 Å². The zero-order chi connectivity index (χ0) is 13.3. The van der Waals surface area contributed by atoms with Gasteiger partial charge in [0.1, 0.15) is 0 Å². The summed E-state index contributed by atoms with van der Waals surface area (Å²) in [5.74, 6) is -2.08. The molecule has 0 atom stereocenters. The zero-order valence-corrected chi connectivity index (χ0v) is 9.90. The number of hydrogen-bond acceptors (Lipinski definition) is 4. The lowest BCUT2D eigenvalue weighted by Crippen LogP contribution is -2.51. The minimum absolute atomic E-state index is 0.0370. The summed E-state index contributed by atoms with van der Waals surface area (Å²) < 4.78 is 0. The summed E-state index contributed by atoms with van der Waals surface area (Å²) >= 11 is 5.73. The van der Waals surface area contributed by atoms with E-state index in [1.165, 1.54) is 23.1 Å². The first kappa shape index (κ1) is 12.4. The number of anilines is 1. The highest BCUT2D eigenvalue weighted by atomic mass is 35.5. The molecule has 0 unspecified atom stereocenters. The normalized spacial score (nSPS) is 15.5. The number of amides is 2. The molecule has 1 aliphatic heterocycles. The van der Waals surface area contributed by atoms with Crippen molar-refractivity contribution in [3.05, 3.63) is 28.8 Å². The highest BCUT2D eigenvalue weighted by Gasteiger charge is 2.25. The molecule has 2 N–H and O–H groups in total. The third-order valence-electron chi connectivity index (χ3n) is 2.48. The topological polar surface area (TPSA) is 86.7 Å². The highest BCUT2D eigenvalue weighted by Crippen LogP contribution is 2.25. The quantitative estimate of drug-likeness (QED) is 0.763. The number of rotatable bonds is 2. The molecule has 0 spiro atoms. The number of carbonyl (C=O) groups is 3. The van der Waals surface area contributed by atoms with Crippen molar-refractivity contribution < 1.29 is 19.5 Å². The molecule has 2 amide bonds. The summed E-state index contributed by atoms with van der Waals surface area (Å²) in [6.45, 7) is -0.124. The fraction of sp³-hybridized carbons (Fsp3) is 0.182. The first-order valence-corrected chi connectivity index (χ1v) is 5.45. The van der Waals surface area contributed by atoms with E-state index in [0.29, 0.717) is 5.69 Å². The Morgan fingerprint density at radius 2 is 1.89 bits per heavy atom. The number of halogens is 1. The molecular weight excluding hydrogens is 260 g/mol. The molecule has 1 aromatic carbocycles. The number of piperazine rings is 1. The number of benzene rings is 1. The van der Waals surface area contributed by atoms with Crippen LogP contribution in [0.5, 0.6) is 0 Å². The van der Waals surface area contributed by atoms with Gasteiger partial charge in [0.25, 0.3) is 0 Å². The van der Waals surface area contributed by atoms with Crippen LogP contribution < -0.4 is 10.2 Å². The second-order valence-corrected chi connectivity index (χ2v) is 4.23. The van der Waals surface area contributed by atoms with Crippen molar-refractivity contribution in [1.82, 2.24) is 5.32 Å². The molecule has 0 bridgehead atoms. The van der Waals surface area contributed by atoms with Crippen molar-refractivity contribution >= 4 is 35.1 Å². The Morgan fingerprint density at radius 1 is 1.28 bits per heavy atom. The monoisotopic (exact) mass is 268 g/mol. The highest BCUT2D eigenvalue weighted by molar-refractivity contribution is 6.31. The fourth-order valence-electron chi connectivity index (χ4n) is 1.76. The van der Waals surface area contributed by atoms with E-state index in [9.17, 15) is 14.4 Å². The number of carboxylic acids is 1. The van der Waals surface area contributed by atoms with Crippen molar-refractivity contribution in [2.24, 2.45) is 0 Å². The average molecular weight is 269 g/mol. The standard InChI is InChI=1S/C11H9ClN2O4/c12-6-1-2-8(7(3-6)11(17)18)14-4-9(15)13-10(16)5-14/h1-3H,4-5H2,(H,17,18)(H,13,15,16). The summed E-state index contributed by atoms with van der Waals surface area (Å²) in [5.41, 5.74) is 0.264. The molecule has 1 saturated heterocycles. The SMILES string of the molecule is O=C1CN(c2ccc(Cl)cc2C(=O)O)CC(=O)N1. The smallest absolute Gasteiger partial charge is 0.337 e. The number of nitrogens with zero attached hydrogens (tertiary/aromatic N) is 1. The minimum atomic E-state index is -1.16. The van der Waals surface area contributed by atoms with Gasteiger partial charge in [-0.05, 0) is 18.2 Å². The van der Waals surface area contributed by atoms with Gasteiger partial charge in [-0.15, -0.1) is 0 Å². The molecule has 2 rings (SSSR count). The van der Waals surface area contributed by atoms with Crippen LogP contribution in [0.3, 0.4) is 0 Å². The van der Waals surface area contributed by atoms with Crippen LogP contribution in [0, 0.1) is 0 Å². The molecule has 94 valence electrons. The maximum atomic E-state index is 11.3. The fourth-order valence-corrected chi connectivity index (χ4v) is 1.93. The lowest BCUT2D eigenvalue weighted by molar-refractivity contribution is -0.130. The van der Waals surface area contributed by atoms with Gasteiger partial charge in [0, 0.05) is 5.02 Å². The first-order chi connectivity index (χ1) is 8.47. The van der Waals surface area contributed by atoms with Gasteiger partial charge < -0.3 is 10.0 Å². The zero-order valence-electron chi connectivity index (χ0n) is 9.14. The van der Waals surface area contributed by atoms with E-state index in [-0.39, 0.29) is 23.7 Å². The number of nitrogens with one attached hydrogen (secondary N) is 1. The molecule has 7 heteroatoms. The molecule has 1 aromatic rings. The Kier molecular flexibility index (Phi) is 3.20. The van der Waals surface area contributed by atoms with Gasteiger partial charge in [-0.3, -0.25) is 14.9 Å². The molecule has 18 heavy (non-hydrogen) atoms. The van der Waals surface area contributed by atoms with Crippen molar-refractivity contribution in [3.8, 4) is 0 Å². The Balaban J connectivity index is 2.41. The van der Waals surface area contributed by atoms with Crippen molar-refractivity contribution in [2.45, 2.75) is 0 Å². The van der Waals surface area contributed by atoms with Crippen LogP contribution in [0.15, 0.2) is 18.2 Å². The summed E-state index contributed by atoms with van der Waals surface area (Å²) in [4.78, 5) is 35.0. The van der Waals surface area contributed by atoms with Crippen molar-refractivity contribution in [3.63, 3.8) is 0 Å². The molecule has 6 nitrogen and oxygen atoms in total.